The number of anilines is 1. The van der Waals surface area contributed by atoms with Crippen LogP contribution in [-0.2, 0) is 0 Å². The molecule has 0 fully saturated rings. The average Bonchev–Trinajstić information content (AvgIpc) is 2.76. The molecule has 0 spiro atoms. The lowest BCUT2D eigenvalue weighted by molar-refractivity contribution is 0.185. The Kier molecular flexibility index (Phi) is 4.31. The van der Waals surface area contributed by atoms with E-state index in [1.54, 1.807) is 0 Å². The van der Waals surface area contributed by atoms with Crippen LogP contribution in [0.1, 0.15) is 17.5 Å². The van der Waals surface area contributed by atoms with Gasteiger partial charge in [-0.05, 0) is 24.6 Å². The van der Waals surface area contributed by atoms with Gasteiger partial charge in [-0.1, -0.05) is 28.1 Å². The molecule has 4 nitrogen and oxygen atoms in total. The highest BCUT2D eigenvalue weighted by atomic mass is 79.9. The van der Waals surface area contributed by atoms with E-state index in [2.05, 4.69) is 25.3 Å². The molecule has 0 radical (unpaired) electrons. The van der Waals surface area contributed by atoms with Crippen LogP contribution in [0.15, 0.2) is 28.7 Å². The summed E-state index contributed by atoms with van der Waals surface area (Å²) in [5.74, 6) is 0.764. The Labute approximate surface area is 119 Å². The first-order valence-electron chi connectivity index (χ1n) is 5.51. The third-order valence-corrected chi connectivity index (χ3v) is 4.00. The molecule has 1 aromatic carbocycles. The monoisotopic (exact) mass is 327 g/mol. The summed E-state index contributed by atoms with van der Waals surface area (Å²) in [6.07, 6.45) is -0.535. The molecular formula is C12H14BrN3OS. The number of hydrogen-bond donors (Lipinski definition) is 1. The van der Waals surface area contributed by atoms with Gasteiger partial charge in [0.05, 0.1) is 6.10 Å². The van der Waals surface area contributed by atoms with Gasteiger partial charge in [-0.25, -0.2) is 4.98 Å². The van der Waals surface area contributed by atoms with Crippen LogP contribution in [0.2, 0.25) is 0 Å². The molecule has 2 rings (SSSR count). The van der Waals surface area contributed by atoms with Crippen molar-refractivity contribution in [2.75, 3.05) is 18.5 Å². The molecule has 2 aromatic rings. The Morgan fingerprint density at radius 3 is 2.61 bits per heavy atom. The Bertz CT molecular complexity index is 514. The first kappa shape index (κ1) is 13.5. The van der Waals surface area contributed by atoms with Crippen LogP contribution in [0, 0.1) is 6.92 Å². The van der Waals surface area contributed by atoms with Crippen LogP contribution in [0.25, 0.3) is 0 Å². The lowest BCUT2D eigenvalue weighted by atomic mass is 10.1. The molecule has 0 saturated carbocycles. The highest BCUT2D eigenvalue weighted by molar-refractivity contribution is 9.10. The summed E-state index contributed by atoms with van der Waals surface area (Å²) in [4.78, 5) is 6.20. The second-order valence-corrected chi connectivity index (χ2v) is 5.72. The summed E-state index contributed by atoms with van der Waals surface area (Å²) in [6.45, 7) is 2.36. The van der Waals surface area contributed by atoms with Gasteiger partial charge in [0.2, 0.25) is 5.13 Å². The van der Waals surface area contributed by atoms with Gasteiger partial charge >= 0.3 is 0 Å². The van der Waals surface area contributed by atoms with Gasteiger partial charge < -0.3 is 10.0 Å². The predicted molar refractivity (Wildman–Crippen MR) is 77.0 cm³/mol. The fourth-order valence-electron chi connectivity index (χ4n) is 1.57. The molecule has 0 aliphatic carbocycles. The van der Waals surface area contributed by atoms with Crippen molar-refractivity contribution in [2.45, 2.75) is 13.0 Å². The standard InChI is InChI=1S/C12H14BrN3OS/c1-8-14-12(18-15-8)16(2)7-11(17)9-3-5-10(13)6-4-9/h3-6,11,17H,7H2,1-2H3. The molecular weight excluding hydrogens is 314 g/mol. The van der Waals surface area contributed by atoms with Crippen molar-refractivity contribution in [1.82, 2.24) is 9.36 Å². The molecule has 0 saturated heterocycles. The summed E-state index contributed by atoms with van der Waals surface area (Å²) in [7, 11) is 1.90. The van der Waals surface area contributed by atoms with Gasteiger partial charge in [-0.3, -0.25) is 0 Å². The molecule has 0 amide bonds. The van der Waals surface area contributed by atoms with Crippen molar-refractivity contribution in [2.24, 2.45) is 0 Å². The highest BCUT2D eigenvalue weighted by Gasteiger charge is 2.13. The molecule has 1 heterocycles. The predicted octanol–water partition coefficient (Wildman–Crippen LogP) is 2.78. The van der Waals surface area contributed by atoms with Crippen LogP contribution >= 0.6 is 27.5 Å². The van der Waals surface area contributed by atoms with Gasteiger partial charge in [-0.15, -0.1) is 0 Å². The minimum absolute atomic E-state index is 0.496. The number of aliphatic hydroxyl groups excluding tert-OH is 1. The molecule has 1 unspecified atom stereocenters. The maximum absolute atomic E-state index is 10.1. The van der Waals surface area contributed by atoms with E-state index < -0.39 is 6.10 Å². The van der Waals surface area contributed by atoms with Gasteiger partial charge in [0.1, 0.15) is 5.82 Å². The lowest BCUT2D eigenvalue weighted by Crippen LogP contribution is -2.24. The number of aliphatic hydroxyl groups is 1. The fourth-order valence-corrected chi connectivity index (χ4v) is 2.47. The van der Waals surface area contributed by atoms with E-state index in [9.17, 15) is 5.11 Å². The van der Waals surface area contributed by atoms with E-state index in [-0.39, 0.29) is 0 Å². The van der Waals surface area contributed by atoms with E-state index in [1.807, 2.05) is 43.1 Å². The maximum Gasteiger partial charge on any atom is 0.205 e. The number of likely N-dealkylation sites (N-methyl/N-ethyl adjacent to an activating group) is 1. The molecule has 96 valence electrons. The Balaban J connectivity index is 2.02. The number of hydrogen-bond acceptors (Lipinski definition) is 5. The normalized spacial score (nSPS) is 12.4. The number of aryl methyl sites for hydroxylation is 1. The van der Waals surface area contributed by atoms with E-state index in [0.29, 0.717) is 6.54 Å². The first-order valence-corrected chi connectivity index (χ1v) is 7.08. The lowest BCUT2D eigenvalue weighted by Gasteiger charge is -2.19. The smallest absolute Gasteiger partial charge is 0.205 e. The van der Waals surface area contributed by atoms with Gasteiger partial charge in [0, 0.05) is 29.6 Å². The minimum Gasteiger partial charge on any atom is -0.387 e. The maximum atomic E-state index is 10.1. The Morgan fingerprint density at radius 1 is 1.39 bits per heavy atom. The first-order chi connectivity index (χ1) is 8.56. The minimum atomic E-state index is -0.535. The van der Waals surface area contributed by atoms with Crippen LogP contribution in [-0.4, -0.2) is 28.1 Å². The topological polar surface area (TPSA) is 49.2 Å². The third kappa shape index (κ3) is 3.28. The number of benzene rings is 1. The van der Waals surface area contributed by atoms with E-state index in [0.717, 1.165) is 21.0 Å². The molecule has 0 aliphatic rings. The molecule has 1 N–H and O–H groups in total. The zero-order chi connectivity index (χ0) is 13.1. The van der Waals surface area contributed by atoms with Crippen LogP contribution < -0.4 is 4.90 Å². The van der Waals surface area contributed by atoms with Crippen molar-refractivity contribution in [3.05, 3.63) is 40.1 Å². The fraction of sp³-hybridized carbons (Fsp3) is 0.333. The van der Waals surface area contributed by atoms with Crippen molar-refractivity contribution in [3.8, 4) is 0 Å². The molecule has 1 aromatic heterocycles. The summed E-state index contributed by atoms with van der Waals surface area (Å²) in [5, 5.41) is 11.0. The quantitative estimate of drug-likeness (QED) is 0.938. The van der Waals surface area contributed by atoms with Gasteiger partial charge in [0.15, 0.2) is 0 Å². The zero-order valence-corrected chi connectivity index (χ0v) is 12.6. The Hall–Kier alpha value is -0.980. The average molecular weight is 328 g/mol. The number of aromatic nitrogens is 2. The Morgan fingerprint density at radius 2 is 2.06 bits per heavy atom. The van der Waals surface area contributed by atoms with Crippen molar-refractivity contribution < 1.29 is 5.11 Å². The third-order valence-electron chi connectivity index (χ3n) is 2.54. The summed E-state index contributed by atoms with van der Waals surface area (Å²) < 4.78 is 5.14. The second-order valence-electron chi connectivity index (χ2n) is 4.07. The SMILES string of the molecule is Cc1nsc(N(C)CC(O)c2ccc(Br)cc2)n1. The summed E-state index contributed by atoms with van der Waals surface area (Å²) in [5.41, 5.74) is 0.895. The van der Waals surface area contributed by atoms with E-state index >= 15 is 0 Å². The van der Waals surface area contributed by atoms with E-state index in [1.165, 1.54) is 11.5 Å². The largest absolute Gasteiger partial charge is 0.387 e. The molecule has 0 bridgehead atoms. The van der Waals surface area contributed by atoms with Crippen LogP contribution in [0.3, 0.4) is 0 Å². The number of nitrogens with zero attached hydrogens (tertiary/aromatic N) is 3. The summed E-state index contributed by atoms with van der Waals surface area (Å²) >= 11 is 4.72. The van der Waals surface area contributed by atoms with E-state index in [4.69, 9.17) is 0 Å². The molecule has 1 atom stereocenters. The summed E-state index contributed by atoms with van der Waals surface area (Å²) in [6, 6.07) is 7.67. The number of rotatable bonds is 4. The highest BCUT2D eigenvalue weighted by Crippen LogP contribution is 2.21. The van der Waals surface area contributed by atoms with Gasteiger partial charge in [0.25, 0.3) is 0 Å². The van der Waals surface area contributed by atoms with Gasteiger partial charge in [-0.2, -0.15) is 4.37 Å². The second kappa shape index (κ2) is 5.77. The zero-order valence-electron chi connectivity index (χ0n) is 10.2. The van der Waals surface area contributed by atoms with Crippen molar-refractivity contribution in [1.29, 1.82) is 0 Å². The van der Waals surface area contributed by atoms with Crippen molar-refractivity contribution >= 4 is 32.6 Å². The molecule has 18 heavy (non-hydrogen) atoms. The molecule has 6 heteroatoms. The van der Waals surface area contributed by atoms with Crippen LogP contribution in [0.4, 0.5) is 5.13 Å². The van der Waals surface area contributed by atoms with Crippen molar-refractivity contribution in [3.63, 3.8) is 0 Å². The number of halogens is 1. The van der Waals surface area contributed by atoms with Crippen LogP contribution in [0.5, 0.6) is 0 Å². The molecule has 0 aliphatic heterocycles.